The molecule has 0 radical (unpaired) electrons. The van der Waals surface area contributed by atoms with Crippen LogP contribution in [0.2, 0.25) is 0 Å². The maximum atomic E-state index is 13.5. The zero-order chi connectivity index (χ0) is 25.7. The van der Waals surface area contributed by atoms with E-state index in [1.54, 1.807) is 37.1 Å². The van der Waals surface area contributed by atoms with E-state index in [1.165, 1.54) is 10.6 Å². The molecule has 0 bridgehead atoms. The smallest absolute Gasteiger partial charge is 0.305 e. The lowest BCUT2D eigenvalue weighted by atomic mass is 9.96. The van der Waals surface area contributed by atoms with Crippen molar-refractivity contribution in [3.05, 3.63) is 81.8 Å². The lowest BCUT2D eigenvalue weighted by Gasteiger charge is -2.25. The molecule has 8 nitrogen and oxygen atoms in total. The highest BCUT2D eigenvalue weighted by Crippen LogP contribution is 2.29. The highest BCUT2D eigenvalue weighted by atomic mass is 16.4. The molecule has 3 aromatic rings. The van der Waals surface area contributed by atoms with Crippen molar-refractivity contribution < 1.29 is 14.7 Å². The number of amides is 1. The van der Waals surface area contributed by atoms with Gasteiger partial charge in [0.25, 0.3) is 5.56 Å². The van der Waals surface area contributed by atoms with Gasteiger partial charge in [-0.05, 0) is 73.1 Å². The Kier molecular flexibility index (Phi) is 8.17. The molecule has 1 amide bonds. The second-order valence-corrected chi connectivity index (χ2v) is 9.41. The number of nitrogens with one attached hydrogen (secondary N) is 1. The van der Waals surface area contributed by atoms with Crippen LogP contribution >= 0.6 is 0 Å². The number of carboxylic acids is 1. The van der Waals surface area contributed by atoms with Crippen LogP contribution in [-0.4, -0.2) is 31.5 Å². The first-order valence-corrected chi connectivity index (χ1v) is 11.6. The number of pyridine rings is 3. The van der Waals surface area contributed by atoms with Crippen LogP contribution in [0.3, 0.4) is 0 Å². The summed E-state index contributed by atoms with van der Waals surface area (Å²) < 4.78 is 1.42. The van der Waals surface area contributed by atoms with Gasteiger partial charge in [-0.15, -0.1) is 0 Å². The first-order valence-electron chi connectivity index (χ1n) is 11.6. The van der Waals surface area contributed by atoms with E-state index < -0.39 is 24.0 Å². The minimum atomic E-state index is -1.05. The standard InChI is InChI=1S/C27H32N4O4/c1-16(2)8-23(31-7-6-17(3)9-24(31)32)27(35)30-22(11-25(33)34)20-10-21(15-29-14-20)26-18(4)12-28-13-19(26)5/h6-7,9-10,12-16,22-23H,8,11H2,1-5H3,(H,30,35)(H,33,34). The molecule has 3 rings (SSSR count). The van der Waals surface area contributed by atoms with Crippen molar-refractivity contribution in [2.75, 3.05) is 0 Å². The van der Waals surface area contributed by atoms with E-state index in [4.69, 9.17) is 0 Å². The number of nitrogens with zero attached hydrogens (tertiary/aromatic N) is 3. The third kappa shape index (κ3) is 6.41. The predicted molar refractivity (Wildman–Crippen MR) is 134 cm³/mol. The third-order valence-electron chi connectivity index (χ3n) is 5.91. The van der Waals surface area contributed by atoms with Crippen LogP contribution < -0.4 is 10.9 Å². The zero-order valence-electron chi connectivity index (χ0n) is 20.8. The molecular formula is C27H32N4O4. The fraction of sp³-hybridized carbons (Fsp3) is 0.370. The average Bonchev–Trinajstić information content (AvgIpc) is 2.77. The van der Waals surface area contributed by atoms with Crippen molar-refractivity contribution in [2.45, 2.75) is 59.5 Å². The number of carboxylic acid groups (broad SMARTS) is 1. The molecule has 0 fully saturated rings. The van der Waals surface area contributed by atoms with Crippen LogP contribution in [0.1, 0.15) is 61.0 Å². The Labute approximate surface area is 205 Å². The molecular weight excluding hydrogens is 444 g/mol. The molecule has 35 heavy (non-hydrogen) atoms. The Morgan fingerprint density at radius 2 is 1.69 bits per heavy atom. The summed E-state index contributed by atoms with van der Waals surface area (Å²) in [6, 6.07) is 3.54. The van der Waals surface area contributed by atoms with Gasteiger partial charge in [0, 0.05) is 42.6 Å². The summed E-state index contributed by atoms with van der Waals surface area (Å²) in [4.78, 5) is 46.3. The normalized spacial score (nSPS) is 12.9. The van der Waals surface area contributed by atoms with E-state index in [9.17, 15) is 19.5 Å². The van der Waals surface area contributed by atoms with Gasteiger partial charge in [0.2, 0.25) is 5.91 Å². The number of rotatable bonds is 9. The molecule has 8 heteroatoms. The van der Waals surface area contributed by atoms with Crippen LogP contribution in [-0.2, 0) is 9.59 Å². The van der Waals surface area contributed by atoms with Crippen LogP contribution in [0, 0.1) is 26.7 Å². The van der Waals surface area contributed by atoms with Gasteiger partial charge in [-0.1, -0.05) is 13.8 Å². The first-order chi connectivity index (χ1) is 16.6. The summed E-state index contributed by atoms with van der Waals surface area (Å²) >= 11 is 0. The van der Waals surface area contributed by atoms with Gasteiger partial charge in [0.15, 0.2) is 0 Å². The van der Waals surface area contributed by atoms with Crippen LogP contribution in [0.15, 0.2) is 54.0 Å². The Morgan fingerprint density at radius 3 is 2.29 bits per heavy atom. The van der Waals surface area contributed by atoms with Gasteiger partial charge in [-0.3, -0.25) is 24.4 Å². The molecule has 0 aliphatic carbocycles. The number of hydrogen-bond donors (Lipinski definition) is 2. The van der Waals surface area contributed by atoms with E-state index in [1.807, 2.05) is 40.7 Å². The van der Waals surface area contributed by atoms with Gasteiger partial charge in [0.1, 0.15) is 6.04 Å². The molecule has 0 saturated carbocycles. The van der Waals surface area contributed by atoms with E-state index in [0.717, 1.165) is 27.8 Å². The summed E-state index contributed by atoms with van der Waals surface area (Å²) in [7, 11) is 0. The SMILES string of the molecule is Cc1ccn(C(CC(C)C)C(=O)NC(CC(=O)O)c2cncc(-c3c(C)cncc3C)c2)c(=O)c1. The summed E-state index contributed by atoms with van der Waals surface area (Å²) in [5.74, 6) is -1.32. The fourth-order valence-corrected chi connectivity index (χ4v) is 4.28. The first kappa shape index (κ1) is 25.8. The molecule has 0 aliphatic rings. The van der Waals surface area contributed by atoms with Gasteiger partial charge in [-0.2, -0.15) is 0 Å². The predicted octanol–water partition coefficient (Wildman–Crippen LogP) is 4.15. The monoisotopic (exact) mass is 476 g/mol. The van der Waals surface area contributed by atoms with Gasteiger partial charge < -0.3 is 15.0 Å². The zero-order valence-corrected chi connectivity index (χ0v) is 20.8. The molecule has 0 aromatic carbocycles. The van der Waals surface area contributed by atoms with Gasteiger partial charge >= 0.3 is 5.97 Å². The van der Waals surface area contributed by atoms with Crippen molar-refractivity contribution in [3.63, 3.8) is 0 Å². The van der Waals surface area contributed by atoms with Gasteiger partial charge in [-0.25, -0.2) is 0 Å². The lowest BCUT2D eigenvalue weighted by molar-refractivity contribution is -0.138. The molecule has 2 unspecified atom stereocenters. The minimum Gasteiger partial charge on any atom is -0.481 e. The van der Waals surface area contributed by atoms with E-state index >= 15 is 0 Å². The molecule has 0 saturated heterocycles. The minimum absolute atomic E-state index is 0.138. The second kappa shape index (κ2) is 11.1. The average molecular weight is 477 g/mol. The van der Waals surface area contributed by atoms with Gasteiger partial charge in [0.05, 0.1) is 12.5 Å². The van der Waals surface area contributed by atoms with E-state index in [-0.39, 0.29) is 17.9 Å². The fourth-order valence-electron chi connectivity index (χ4n) is 4.28. The van der Waals surface area contributed by atoms with Crippen molar-refractivity contribution >= 4 is 11.9 Å². The number of aromatic nitrogens is 3. The maximum Gasteiger partial charge on any atom is 0.305 e. The van der Waals surface area contributed by atoms with Crippen LogP contribution in [0.5, 0.6) is 0 Å². The Bertz CT molecular complexity index is 1260. The van der Waals surface area contributed by atoms with Crippen LogP contribution in [0.25, 0.3) is 11.1 Å². The maximum absolute atomic E-state index is 13.5. The lowest BCUT2D eigenvalue weighted by Crippen LogP contribution is -2.40. The Balaban J connectivity index is 1.98. The molecule has 0 spiro atoms. The second-order valence-electron chi connectivity index (χ2n) is 9.41. The highest BCUT2D eigenvalue weighted by Gasteiger charge is 2.27. The Morgan fingerprint density at radius 1 is 1.03 bits per heavy atom. The van der Waals surface area contributed by atoms with Crippen molar-refractivity contribution in [2.24, 2.45) is 5.92 Å². The molecule has 2 N–H and O–H groups in total. The Hall–Kier alpha value is -3.81. The summed E-state index contributed by atoms with van der Waals surface area (Å²) in [6.07, 6.45) is 8.55. The molecule has 3 heterocycles. The van der Waals surface area contributed by atoms with Crippen molar-refractivity contribution in [1.29, 1.82) is 0 Å². The number of aliphatic carboxylic acids is 1. The largest absolute Gasteiger partial charge is 0.481 e. The van der Waals surface area contributed by atoms with Crippen molar-refractivity contribution in [1.82, 2.24) is 19.9 Å². The number of carbonyl (C=O) groups excluding carboxylic acids is 1. The highest BCUT2D eigenvalue weighted by molar-refractivity contribution is 5.82. The number of hydrogen-bond acceptors (Lipinski definition) is 5. The third-order valence-corrected chi connectivity index (χ3v) is 5.91. The topological polar surface area (TPSA) is 114 Å². The van der Waals surface area contributed by atoms with E-state index in [0.29, 0.717) is 12.0 Å². The van der Waals surface area contributed by atoms with E-state index in [2.05, 4.69) is 15.3 Å². The summed E-state index contributed by atoms with van der Waals surface area (Å²) in [6.45, 7) is 9.67. The molecule has 2 atom stereocenters. The number of aryl methyl sites for hydroxylation is 3. The summed E-state index contributed by atoms with van der Waals surface area (Å²) in [5.41, 5.74) is 4.85. The van der Waals surface area contributed by atoms with Crippen LogP contribution in [0.4, 0.5) is 0 Å². The number of carbonyl (C=O) groups is 2. The summed E-state index contributed by atoms with van der Waals surface area (Å²) in [5, 5.41) is 12.5. The molecule has 184 valence electrons. The molecule has 3 aromatic heterocycles. The quantitative estimate of drug-likeness (QED) is 0.480. The molecule has 0 aliphatic heterocycles. The van der Waals surface area contributed by atoms with Crippen molar-refractivity contribution in [3.8, 4) is 11.1 Å².